The SMILES string of the molecule is C=O.CC(NC(=O)Cc1ccc(C(F)(F)F)cc1)c1ccnc(NCC2CC2)c1.[HH].[HH]. The third-order valence-corrected chi connectivity index (χ3v) is 4.58. The van der Waals surface area contributed by atoms with Gasteiger partial charge in [-0.25, -0.2) is 4.98 Å². The van der Waals surface area contributed by atoms with Crippen molar-refractivity contribution < 1.29 is 25.6 Å². The summed E-state index contributed by atoms with van der Waals surface area (Å²) in [7, 11) is 0. The van der Waals surface area contributed by atoms with Gasteiger partial charge in [0, 0.05) is 15.6 Å². The molecule has 2 aromatic rings. The van der Waals surface area contributed by atoms with Gasteiger partial charge in [-0.05, 0) is 61.1 Å². The molecule has 160 valence electrons. The summed E-state index contributed by atoms with van der Waals surface area (Å²) >= 11 is 0. The lowest BCUT2D eigenvalue weighted by molar-refractivity contribution is -0.137. The van der Waals surface area contributed by atoms with Crippen molar-refractivity contribution in [3.8, 4) is 0 Å². The number of benzene rings is 1. The van der Waals surface area contributed by atoms with Gasteiger partial charge in [0.05, 0.1) is 18.0 Å². The maximum atomic E-state index is 12.6. The number of halogens is 3. The Morgan fingerprint density at radius 3 is 2.48 bits per heavy atom. The summed E-state index contributed by atoms with van der Waals surface area (Å²) in [5.74, 6) is 1.27. The number of anilines is 1. The van der Waals surface area contributed by atoms with Crippen LogP contribution < -0.4 is 10.6 Å². The lowest BCUT2D eigenvalue weighted by Gasteiger charge is -2.16. The number of carbonyl (C=O) groups is 2. The fourth-order valence-electron chi connectivity index (χ4n) is 2.76. The van der Waals surface area contributed by atoms with Gasteiger partial charge in [-0.3, -0.25) is 4.79 Å². The maximum Gasteiger partial charge on any atom is 0.416 e. The smallest absolute Gasteiger partial charge is 0.370 e. The van der Waals surface area contributed by atoms with Crippen LogP contribution in [0.5, 0.6) is 0 Å². The van der Waals surface area contributed by atoms with Crippen LogP contribution in [-0.2, 0) is 22.2 Å². The average Bonchev–Trinajstić information content (AvgIpc) is 3.52. The normalized spacial score (nSPS) is 14.3. The van der Waals surface area contributed by atoms with Crippen LogP contribution in [0, 0.1) is 5.92 Å². The minimum absolute atomic E-state index is 0. The molecule has 5 nitrogen and oxygen atoms in total. The predicted molar refractivity (Wildman–Crippen MR) is 109 cm³/mol. The zero-order chi connectivity index (χ0) is 21.4. The monoisotopic (exact) mass is 411 g/mol. The molecule has 0 spiro atoms. The molecule has 1 atom stereocenters. The number of pyridine rings is 1. The van der Waals surface area contributed by atoms with Crippen molar-refractivity contribution >= 4 is 18.5 Å². The average molecular weight is 411 g/mol. The minimum Gasteiger partial charge on any atom is -0.370 e. The van der Waals surface area contributed by atoms with E-state index >= 15 is 0 Å². The van der Waals surface area contributed by atoms with E-state index in [1.807, 2.05) is 25.8 Å². The van der Waals surface area contributed by atoms with E-state index in [1.165, 1.54) is 25.0 Å². The van der Waals surface area contributed by atoms with Crippen molar-refractivity contribution in [2.45, 2.75) is 38.4 Å². The third-order valence-electron chi connectivity index (χ3n) is 4.58. The first-order chi connectivity index (χ1) is 13.8. The van der Waals surface area contributed by atoms with Crippen LogP contribution in [0.15, 0.2) is 42.6 Å². The number of alkyl halides is 3. The van der Waals surface area contributed by atoms with Gasteiger partial charge >= 0.3 is 6.18 Å². The quantitative estimate of drug-likeness (QED) is 0.696. The Bertz CT molecular complexity index is 816. The number of nitrogens with one attached hydrogen (secondary N) is 2. The highest BCUT2D eigenvalue weighted by Crippen LogP contribution is 2.29. The summed E-state index contributed by atoms with van der Waals surface area (Å²) in [6.07, 6.45) is -0.141. The van der Waals surface area contributed by atoms with Crippen molar-refractivity contribution in [1.82, 2.24) is 10.3 Å². The standard InChI is InChI=1S/C20H22F3N3O.CH2O.2H2/c1-13(16-8-9-24-18(11-16)25-12-15-2-3-15)26-19(27)10-14-4-6-17(7-5-14)20(21,22)23;1-2;;/h4-9,11,13,15H,2-3,10,12H2,1H3,(H,24,25)(H,26,27);1H2;2*1H. The molecule has 0 saturated heterocycles. The summed E-state index contributed by atoms with van der Waals surface area (Å²) in [6.45, 7) is 4.77. The molecular weight excluding hydrogens is 383 g/mol. The Labute approximate surface area is 170 Å². The zero-order valence-corrected chi connectivity index (χ0v) is 16.1. The lowest BCUT2D eigenvalue weighted by atomic mass is 10.1. The van der Waals surface area contributed by atoms with Crippen LogP contribution in [0.2, 0.25) is 0 Å². The highest BCUT2D eigenvalue weighted by atomic mass is 19.4. The van der Waals surface area contributed by atoms with Gasteiger partial charge in [0.15, 0.2) is 0 Å². The molecule has 1 saturated carbocycles. The van der Waals surface area contributed by atoms with Crippen LogP contribution in [0.25, 0.3) is 0 Å². The molecule has 0 aliphatic heterocycles. The van der Waals surface area contributed by atoms with Crippen molar-refractivity contribution in [1.29, 1.82) is 0 Å². The molecule has 0 radical (unpaired) electrons. The summed E-state index contributed by atoms with van der Waals surface area (Å²) in [5.41, 5.74) is 0.737. The van der Waals surface area contributed by atoms with Gasteiger partial charge in [0.25, 0.3) is 0 Å². The molecule has 1 fully saturated rings. The first-order valence-corrected chi connectivity index (χ1v) is 9.25. The van der Waals surface area contributed by atoms with Crippen LogP contribution >= 0.6 is 0 Å². The Hall–Kier alpha value is -2.90. The topological polar surface area (TPSA) is 71.1 Å². The summed E-state index contributed by atoms with van der Waals surface area (Å²) < 4.78 is 37.8. The van der Waals surface area contributed by atoms with Gasteiger partial charge in [0.1, 0.15) is 12.6 Å². The Kier molecular flexibility index (Phi) is 7.75. The first-order valence-electron chi connectivity index (χ1n) is 9.25. The number of rotatable bonds is 7. The van der Waals surface area contributed by atoms with E-state index in [0.717, 1.165) is 36.0 Å². The highest BCUT2D eigenvalue weighted by molar-refractivity contribution is 5.79. The van der Waals surface area contributed by atoms with E-state index in [2.05, 4.69) is 15.6 Å². The van der Waals surface area contributed by atoms with Crippen molar-refractivity contribution in [3.05, 3.63) is 59.3 Å². The fourth-order valence-corrected chi connectivity index (χ4v) is 2.76. The molecule has 0 bridgehead atoms. The largest absolute Gasteiger partial charge is 0.416 e. The van der Waals surface area contributed by atoms with E-state index in [1.54, 1.807) is 6.20 Å². The predicted octanol–water partition coefficient (Wildman–Crippen LogP) is 4.65. The number of hydrogen-bond donors (Lipinski definition) is 2. The molecule has 29 heavy (non-hydrogen) atoms. The Balaban J connectivity index is 0.00000219. The molecule has 8 heteroatoms. The van der Waals surface area contributed by atoms with Crippen LogP contribution in [-0.4, -0.2) is 24.2 Å². The second kappa shape index (κ2) is 10.0. The summed E-state index contributed by atoms with van der Waals surface area (Å²) in [6, 6.07) is 8.17. The molecule has 1 aliphatic carbocycles. The number of aromatic nitrogens is 1. The van der Waals surface area contributed by atoms with Crippen LogP contribution in [0.3, 0.4) is 0 Å². The van der Waals surface area contributed by atoms with Gasteiger partial charge in [-0.1, -0.05) is 12.1 Å². The Morgan fingerprint density at radius 2 is 1.90 bits per heavy atom. The Morgan fingerprint density at radius 1 is 1.24 bits per heavy atom. The van der Waals surface area contributed by atoms with Gasteiger partial charge < -0.3 is 15.4 Å². The third kappa shape index (κ3) is 7.21. The molecule has 1 amide bonds. The maximum absolute atomic E-state index is 12.6. The number of nitrogens with zero attached hydrogens (tertiary/aromatic N) is 1. The van der Waals surface area contributed by atoms with E-state index < -0.39 is 11.7 Å². The minimum atomic E-state index is -4.37. The van der Waals surface area contributed by atoms with E-state index in [0.29, 0.717) is 5.56 Å². The van der Waals surface area contributed by atoms with Crippen LogP contribution in [0.4, 0.5) is 19.0 Å². The molecule has 3 rings (SSSR count). The van der Waals surface area contributed by atoms with Crippen molar-refractivity contribution in [2.75, 3.05) is 11.9 Å². The molecule has 1 aromatic carbocycles. The van der Waals surface area contributed by atoms with Gasteiger partial charge in [-0.15, -0.1) is 0 Å². The molecule has 1 aromatic heterocycles. The summed E-state index contributed by atoms with van der Waals surface area (Å²) in [5, 5.41) is 6.17. The molecule has 1 aliphatic rings. The number of amides is 1. The zero-order valence-electron chi connectivity index (χ0n) is 16.1. The van der Waals surface area contributed by atoms with Gasteiger partial charge in [0.2, 0.25) is 5.91 Å². The van der Waals surface area contributed by atoms with E-state index in [-0.39, 0.29) is 21.2 Å². The first kappa shape index (κ1) is 22.4. The summed E-state index contributed by atoms with van der Waals surface area (Å²) in [4.78, 5) is 24.5. The molecular formula is C21H28F3N3O2. The second-order valence-electron chi connectivity index (χ2n) is 6.96. The van der Waals surface area contributed by atoms with E-state index in [4.69, 9.17) is 4.79 Å². The van der Waals surface area contributed by atoms with Crippen LogP contribution in [0.1, 0.15) is 45.4 Å². The van der Waals surface area contributed by atoms with E-state index in [9.17, 15) is 18.0 Å². The van der Waals surface area contributed by atoms with Gasteiger partial charge in [-0.2, -0.15) is 13.2 Å². The highest BCUT2D eigenvalue weighted by Gasteiger charge is 2.30. The number of hydrogen-bond acceptors (Lipinski definition) is 4. The molecule has 1 unspecified atom stereocenters. The fraction of sp³-hybridized carbons (Fsp3) is 0.381. The molecule has 1 heterocycles. The number of carbonyl (C=O) groups excluding carboxylic acids is 2. The second-order valence-corrected chi connectivity index (χ2v) is 6.96. The van der Waals surface area contributed by atoms with Crippen molar-refractivity contribution in [2.24, 2.45) is 5.92 Å². The van der Waals surface area contributed by atoms with Crippen molar-refractivity contribution in [3.63, 3.8) is 0 Å². The lowest BCUT2D eigenvalue weighted by Crippen LogP contribution is -2.28. The molecule has 2 N–H and O–H groups in total.